The normalized spacial score (nSPS) is 10.5. The summed E-state index contributed by atoms with van der Waals surface area (Å²) in [5.41, 5.74) is 3.71. The van der Waals surface area contributed by atoms with Gasteiger partial charge in [0.25, 0.3) is 5.91 Å². The highest BCUT2D eigenvalue weighted by molar-refractivity contribution is 6.05. The molecule has 0 aliphatic heterocycles. The molecule has 2 aromatic rings. The standard InChI is InChI=1S/C18H21NO2/c1-12(2)15-11-17(21-4)16(10-13(15)3)19-18(20)14-8-6-5-7-9-14/h5-12H,1-4H3,(H,19,20). The minimum atomic E-state index is -0.134. The van der Waals surface area contributed by atoms with Crippen molar-refractivity contribution in [2.45, 2.75) is 26.7 Å². The van der Waals surface area contributed by atoms with Gasteiger partial charge in [0.2, 0.25) is 0 Å². The Kier molecular flexibility index (Phi) is 4.63. The van der Waals surface area contributed by atoms with Gasteiger partial charge in [-0.1, -0.05) is 32.0 Å². The van der Waals surface area contributed by atoms with Crippen molar-refractivity contribution in [3.8, 4) is 5.75 Å². The van der Waals surface area contributed by atoms with Gasteiger partial charge in [0.1, 0.15) is 5.75 Å². The van der Waals surface area contributed by atoms with Crippen molar-refractivity contribution in [1.82, 2.24) is 0 Å². The zero-order valence-corrected chi connectivity index (χ0v) is 12.9. The summed E-state index contributed by atoms with van der Waals surface area (Å²) in [5.74, 6) is 0.969. The lowest BCUT2D eigenvalue weighted by Crippen LogP contribution is -2.13. The van der Waals surface area contributed by atoms with Crippen molar-refractivity contribution >= 4 is 11.6 Å². The molecule has 0 aromatic heterocycles. The molecule has 0 fully saturated rings. The van der Waals surface area contributed by atoms with Crippen LogP contribution in [-0.2, 0) is 0 Å². The van der Waals surface area contributed by atoms with E-state index in [1.54, 1.807) is 19.2 Å². The summed E-state index contributed by atoms with van der Waals surface area (Å²) in [6.07, 6.45) is 0. The van der Waals surface area contributed by atoms with E-state index in [9.17, 15) is 4.79 Å². The van der Waals surface area contributed by atoms with E-state index in [1.807, 2.05) is 37.3 Å². The second kappa shape index (κ2) is 6.44. The maximum atomic E-state index is 12.2. The Hall–Kier alpha value is -2.29. The third-order valence-corrected chi connectivity index (χ3v) is 3.49. The Morgan fingerprint density at radius 3 is 2.38 bits per heavy atom. The van der Waals surface area contributed by atoms with Crippen molar-refractivity contribution < 1.29 is 9.53 Å². The first kappa shape index (κ1) is 15.1. The molecule has 0 unspecified atom stereocenters. The minimum Gasteiger partial charge on any atom is -0.495 e. The van der Waals surface area contributed by atoms with Crippen LogP contribution in [0.15, 0.2) is 42.5 Å². The number of amides is 1. The summed E-state index contributed by atoms with van der Waals surface area (Å²) in [4.78, 5) is 12.2. The molecule has 0 heterocycles. The van der Waals surface area contributed by atoms with Crippen LogP contribution >= 0.6 is 0 Å². The molecule has 1 N–H and O–H groups in total. The van der Waals surface area contributed by atoms with E-state index < -0.39 is 0 Å². The summed E-state index contributed by atoms with van der Waals surface area (Å²) < 4.78 is 5.41. The number of carbonyl (C=O) groups excluding carboxylic acids is 1. The van der Waals surface area contributed by atoms with Crippen LogP contribution in [0.2, 0.25) is 0 Å². The Morgan fingerprint density at radius 2 is 1.81 bits per heavy atom. The number of ether oxygens (including phenoxy) is 1. The van der Waals surface area contributed by atoms with E-state index >= 15 is 0 Å². The molecule has 0 atom stereocenters. The van der Waals surface area contributed by atoms with Crippen LogP contribution in [0.3, 0.4) is 0 Å². The second-order valence-corrected chi connectivity index (χ2v) is 5.38. The number of hydrogen-bond acceptors (Lipinski definition) is 2. The van der Waals surface area contributed by atoms with E-state index in [4.69, 9.17) is 4.74 Å². The first-order valence-electron chi connectivity index (χ1n) is 7.08. The van der Waals surface area contributed by atoms with E-state index in [1.165, 1.54) is 5.56 Å². The quantitative estimate of drug-likeness (QED) is 0.904. The van der Waals surface area contributed by atoms with Gasteiger partial charge >= 0.3 is 0 Å². The lowest BCUT2D eigenvalue weighted by molar-refractivity contribution is 0.102. The monoisotopic (exact) mass is 283 g/mol. The topological polar surface area (TPSA) is 38.3 Å². The lowest BCUT2D eigenvalue weighted by atomic mass is 9.97. The fourth-order valence-corrected chi connectivity index (χ4v) is 2.38. The highest BCUT2D eigenvalue weighted by Gasteiger charge is 2.13. The zero-order valence-electron chi connectivity index (χ0n) is 12.9. The van der Waals surface area contributed by atoms with Gasteiger partial charge in [0.05, 0.1) is 12.8 Å². The Bertz CT molecular complexity index is 633. The Balaban J connectivity index is 2.32. The number of anilines is 1. The van der Waals surface area contributed by atoms with Crippen LogP contribution in [0.1, 0.15) is 41.3 Å². The maximum Gasteiger partial charge on any atom is 0.255 e. The molecular formula is C18H21NO2. The highest BCUT2D eigenvalue weighted by atomic mass is 16.5. The van der Waals surface area contributed by atoms with Crippen molar-refractivity contribution in [3.05, 3.63) is 59.2 Å². The lowest BCUT2D eigenvalue weighted by Gasteiger charge is -2.16. The van der Waals surface area contributed by atoms with Crippen molar-refractivity contribution in [3.63, 3.8) is 0 Å². The van der Waals surface area contributed by atoms with Crippen LogP contribution in [0.4, 0.5) is 5.69 Å². The molecule has 110 valence electrons. The maximum absolute atomic E-state index is 12.2. The first-order chi connectivity index (χ1) is 10.0. The predicted molar refractivity (Wildman–Crippen MR) is 86.2 cm³/mol. The number of aryl methyl sites for hydroxylation is 1. The molecule has 2 aromatic carbocycles. The third-order valence-electron chi connectivity index (χ3n) is 3.49. The second-order valence-electron chi connectivity index (χ2n) is 5.38. The Morgan fingerprint density at radius 1 is 1.14 bits per heavy atom. The largest absolute Gasteiger partial charge is 0.495 e. The zero-order chi connectivity index (χ0) is 15.4. The van der Waals surface area contributed by atoms with E-state index in [-0.39, 0.29) is 5.91 Å². The van der Waals surface area contributed by atoms with Crippen molar-refractivity contribution in [2.24, 2.45) is 0 Å². The van der Waals surface area contributed by atoms with E-state index in [0.29, 0.717) is 22.9 Å². The number of rotatable bonds is 4. The molecule has 0 aliphatic carbocycles. The number of carbonyl (C=O) groups is 1. The molecule has 0 saturated carbocycles. The molecule has 0 spiro atoms. The molecule has 0 saturated heterocycles. The number of hydrogen-bond donors (Lipinski definition) is 1. The predicted octanol–water partition coefficient (Wildman–Crippen LogP) is 4.38. The fourth-order valence-electron chi connectivity index (χ4n) is 2.38. The van der Waals surface area contributed by atoms with Crippen LogP contribution in [0.25, 0.3) is 0 Å². The summed E-state index contributed by atoms with van der Waals surface area (Å²) in [6.45, 7) is 6.33. The van der Waals surface area contributed by atoms with Gasteiger partial charge in [0.15, 0.2) is 0 Å². The number of methoxy groups -OCH3 is 1. The van der Waals surface area contributed by atoms with Crippen LogP contribution in [0, 0.1) is 6.92 Å². The summed E-state index contributed by atoms with van der Waals surface area (Å²) >= 11 is 0. The molecule has 1 amide bonds. The molecule has 2 rings (SSSR count). The molecule has 3 nitrogen and oxygen atoms in total. The summed E-state index contributed by atoms with van der Waals surface area (Å²) in [7, 11) is 1.62. The molecule has 21 heavy (non-hydrogen) atoms. The molecule has 3 heteroatoms. The number of nitrogens with one attached hydrogen (secondary N) is 1. The Labute approximate surface area is 126 Å². The van der Waals surface area contributed by atoms with Gasteiger partial charge in [-0.25, -0.2) is 0 Å². The average molecular weight is 283 g/mol. The molecular weight excluding hydrogens is 262 g/mol. The van der Waals surface area contributed by atoms with Crippen molar-refractivity contribution in [1.29, 1.82) is 0 Å². The van der Waals surface area contributed by atoms with Gasteiger partial charge in [0, 0.05) is 5.56 Å². The van der Waals surface area contributed by atoms with Crippen LogP contribution in [-0.4, -0.2) is 13.0 Å². The van der Waals surface area contributed by atoms with Gasteiger partial charge in [-0.15, -0.1) is 0 Å². The minimum absolute atomic E-state index is 0.134. The SMILES string of the molecule is COc1cc(C(C)C)c(C)cc1NC(=O)c1ccccc1. The fraction of sp³-hybridized carbons (Fsp3) is 0.278. The highest BCUT2D eigenvalue weighted by Crippen LogP contribution is 2.32. The third kappa shape index (κ3) is 3.43. The van der Waals surface area contributed by atoms with Gasteiger partial charge < -0.3 is 10.1 Å². The van der Waals surface area contributed by atoms with Gasteiger partial charge in [-0.2, -0.15) is 0 Å². The smallest absolute Gasteiger partial charge is 0.255 e. The van der Waals surface area contributed by atoms with E-state index in [0.717, 1.165) is 5.56 Å². The van der Waals surface area contributed by atoms with Gasteiger partial charge in [-0.3, -0.25) is 4.79 Å². The molecule has 0 bridgehead atoms. The van der Waals surface area contributed by atoms with Crippen LogP contribution < -0.4 is 10.1 Å². The summed E-state index contributed by atoms with van der Waals surface area (Å²) in [6, 6.07) is 13.1. The first-order valence-corrected chi connectivity index (χ1v) is 7.08. The number of benzene rings is 2. The van der Waals surface area contributed by atoms with Crippen LogP contribution in [0.5, 0.6) is 5.75 Å². The van der Waals surface area contributed by atoms with E-state index in [2.05, 4.69) is 19.2 Å². The molecule has 0 aliphatic rings. The molecule has 0 radical (unpaired) electrons. The van der Waals surface area contributed by atoms with Crippen molar-refractivity contribution in [2.75, 3.05) is 12.4 Å². The average Bonchev–Trinajstić information content (AvgIpc) is 2.48. The summed E-state index contributed by atoms with van der Waals surface area (Å²) in [5, 5.41) is 2.92. The van der Waals surface area contributed by atoms with Gasteiger partial charge in [-0.05, 0) is 48.2 Å².